The van der Waals surface area contributed by atoms with Gasteiger partial charge in [0, 0.05) is 24.2 Å². The Morgan fingerprint density at radius 3 is 3.00 bits per heavy atom. The summed E-state index contributed by atoms with van der Waals surface area (Å²) in [4.78, 5) is 0. The number of hydrogen-bond acceptors (Lipinski definition) is 2. The highest BCUT2D eigenvalue weighted by Crippen LogP contribution is 2.33. The normalized spacial score (nSPS) is 30.2. The Kier molecular flexibility index (Phi) is 3.55. The van der Waals surface area contributed by atoms with Gasteiger partial charge in [0.15, 0.2) is 0 Å². The molecule has 1 aliphatic heterocycles. The first-order chi connectivity index (χ1) is 8.83. The molecule has 18 heavy (non-hydrogen) atoms. The molecule has 1 saturated carbocycles. The van der Waals surface area contributed by atoms with Crippen molar-refractivity contribution in [2.24, 2.45) is 5.92 Å². The molecule has 0 bridgehead atoms. The first-order valence-corrected chi connectivity index (χ1v) is 7.39. The number of benzene rings is 1. The van der Waals surface area contributed by atoms with Crippen LogP contribution in [0.5, 0.6) is 0 Å². The molecule has 2 N–H and O–H groups in total. The van der Waals surface area contributed by atoms with Crippen LogP contribution < -0.4 is 10.6 Å². The largest absolute Gasteiger partial charge is 0.384 e. The number of para-hydroxylation sites is 1. The molecule has 1 heterocycles. The highest BCUT2D eigenvalue weighted by atomic mass is 14.9. The van der Waals surface area contributed by atoms with Crippen LogP contribution in [0.3, 0.4) is 0 Å². The maximum Gasteiger partial charge on any atom is 0.0376 e. The predicted molar refractivity (Wildman–Crippen MR) is 77.1 cm³/mol. The van der Waals surface area contributed by atoms with E-state index in [1.165, 1.54) is 36.9 Å². The summed E-state index contributed by atoms with van der Waals surface area (Å²) in [5, 5.41) is 7.25. The second-order valence-corrected chi connectivity index (χ2v) is 6.02. The molecule has 2 heteroatoms. The van der Waals surface area contributed by atoms with E-state index in [-0.39, 0.29) is 0 Å². The Morgan fingerprint density at radius 2 is 2.17 bits per heavy atom. The molecule has 0 aromatic heterocycles. The van der Waals surface area contributed by atoms with Crippen LogP contribution in [-0.2, 0) is 0 Å². The standard InChI is InChI=1S/C16H24N2/c1-12-6-7-14(10-12)17-9-8-13-11-18-16-5-3-2-4-15(13)16/h2-5,12-14,17-18H,6-11H2,1H3. The van der Waals surface area contributed by atoms with Crippen LogP contribution in [0.15, 0.2) is 24.3 Å². The molecule has 0 amide bonds. The molecule has 0 spiro atoms. The van der Waals surface area contributed by atoms with E-state index in [0.29, 0.717) is 5.92 Å². The summed E-state index contributed by atoms with van der Waals surface area (Å²) >= 11 is 0. The highest BCUT2D eigenvalue weighted by molar-refractivity contribution is 5.57. The van der Waals surface area contributed by atoms with Crippen LogP contribution >= 0.6 is 0 Å². The van der Waals surface area contributed by atoms with E-state index < -0.39 is 0 Å². The van der Waals surface area contributed by atoms with Gasteiger partial charge in [-0.2, -0.15) is 0 Å². The minimum atomic E-state index is 0.701. The van der Waals surface area contributed by atoms with Crippen LogP contribution in [0.25, 0.3) is 0 Å². The van der Waals surface area contributed by atoms with Gasteiger partial charge in [0.1, 0.15) is 0 Å². The van der Waals surface area contributed by atoms with Crippen molar-refractivity contribution in [2.45, 2.75) is 44.6 Å². The Balaban J connectivity index is 1.47. The minimum Gasteiger partial charge on any atom is -0.384 e. The second kappa shape index (κ2) is 5.31. The van der Waals surface area contributed by atoms with Crippen molar-refractivity contribution in [3.63, 3.8) is 0 Å². The molecule has 2 aliphatic rings. The Morgan fingerprint density at radius 1 is 1.28 bits per heavy atom. The number of rotatable bonds is 4. The lowest BCUT2D eigenvalue weighted by atomic mass is 9.98. The van der Waals surface area contributed by atoms with Crippen LogP contribution in [0.4, 0.5) is 5.69 Å². The molecule has 98 valence electrons. The van der Waals surface area contributed by atoms with Crippen molar-refractivity contribution in [3.8, 4) is 0 Å². The summed E-state index contributed by atoms with van der Waals surface area (Å²) in [7, 11) is 0. The van der Waals surface area contributed by atoms with Gasteiger partial charge in [0.25, 0.3) is 0 Å². The van der Waals surface area contributed by atoms with Gasteiger partial charge in [-0.1, -0.05) is 25.1 Å². The van der Waals surface area contributed by atoms with Crippen molar-refractivity contribution < 1.29 is 0 Å². The molecular formula is C16H24N2. The van der Waals surface area contributed by atoms with Crippen LogP contribution in [0, 0.1) is 5.92 Å². The van der Waals surface area contributed by atoms with E-state index in [9.17, 15) is 0 Å². The van der Waals surface area contributed by atoms with Crippen molar-refractivity contribution >= 4 is 5.69 Å². The number of fused-ring (bicyclic) bond motifs is 1. The molecule has 3 atom stereocenters. The van der Waals surface area contributed by atoms with E-state index in [1.807, 2.05) is 0 Å². The highest BCUT2D eigenvalue weighted by Gasteiger charge is 2.23. The predicted octanol–water partition coefficient (Wildman–Crippen LogP) is 3.36. The molecular weight excluding hydrogens is 220 g/mol. The monoisotopic (exact) mass is 244 g/mol. The molecule has 3 unspecified atom stereocenters. The zero-order valence-corrected chi connectivity index (χ0v) is 11.3. The number of nitrogens with one attached hydrogen (secondary N) is 2. The molecule has 2 nitrogen and oxygen atoms in total. The lowest BCUT2D eigenvalue weighted by Crippen LogP contribution is -2.28. The maximum atomic E-state index is 3.74. The summed E-state index contributed by atoms with van der Waals surface area (Å²) in [5.41, 5.74) is 2.86. The number of anilines is 1. The first-order valence-electron chi connectivity index (χ1n) is 7.39. The van der Waals surface area contributed by atoms with Gasteiger partial charge in [-0.25, -0.2) is 0 Å². The average Bonchev–Trinajstić information content (AvgIpc) is 2.97. The van der Waals surface area contributed by atoms with Crippen molar-refractivity contribution in [1.82, 2.24) is 5.32 Å². The topological polar surface area (TPSA) is 24.1 Å². The summed E-state index contributed by atoms with van der Waals surface area (Å²) in [5.74, 6) is 1.63. The SMILES string of the molecule is CC1CCC(NCCC2CNc3ccccc32)C1. The van der Waals surface area contributed by atoms with E-state index in [0.717, 1.165) is 25.0 Å². The summed E-state index contributed by atoms with van der Waals surface area (Å²) < 4.78 is 0. The van der Waals surface area contributed by atoms with Crippen molar-refractivity contribution in [3.05, 3.63) is 29.8 Å². The minimum absolute atomic E-state index is 0.701. The molecule has 1 aliphatic carbocycles. The van der Waals surface area contributed by atoms with E-state index in [1.54, 1.807) is 0 Å². The molecule has 0 radical (unpaired) electrons. The Bertz CT molecular complexity index is 402. The zero-order valence-electron chi connectivity index (χ0n) is 11.3. The first kappa shape index (κ1) is 12.0. The maximum absolute atomic E-state index is 3.74. The molecule has 0 saturated heterocycles. The number of hydrogen-bond donors (Lipinski definition) is 2. The van der Waals surface area contributed by atoms with E-state index in [4.69, 9.17) is 0 Å². The van der Waals surface area contributed by atoms with Crippen LogP contribution in [-0.4, -0.2) is 19.1 Å². The zero-order chi connectivity index (χ0) is 12.4. The van der Waals surface area contributed by atoms with Gasteiger partial charge in [-0.05, 0) is 49.8 Å². The van der Waals surface area contributed by atoms with Gasteiger partial charge in [-0.15, -0.1) is 0 Å². The van der Waals surface area contributed by atoms with E-state index >= 15 is 0 Å². The smallest absolute Gasteiger partial charge is 0.0376 e. The van der Waals surface area contributed by atoms with Gasteiger partial charge in [0.2, 0.25) is 0 Å². The Hall–Kier alpha value is -1.02. The van der Waals surface area contributed by atoms with Gasteiger partial charge < -0.3 is 10.6 Å². The fourth-order valence-corrected chi connectivity index (χ4v) is 3.47. The molecule has 1 aromatic rings. The fraction of sp³-hybridized carbons (Fsp3) is 0.625. The lowest BCUT2D eigenvalue weighted by molar-refractivity contribution is 0.482. The van der Waals surface area contributed by atoms with Crippen molar-refractivity contribution in [2.75, 3.05) is 18.4 Å². The second-order valence-electron chi connectivity index (χ2n) is 6.02. The van der Waals surface area contributed by atoms with E-state index in [2.05, 4.69) is 41.8 Å². The third kappa shape index (κ3) is 2.54. The Labute approximate surface area is 110 Å². The van der Waals surface area contributed by atoms with Crippen LogP contribution in [0.1, 0.15) is 44.1 Å². The molecule has 3 rings (SSSR count). The third-order valence-corrected chi connectivity index (χ3v) is 4.56. The van der Waals surface area contributed by atoms with Gasteiger partial charge in [0.05, 0.1) is 0 Å². The average molecular weight is 244 g/mol. The fourth-order valence-electron chi connectivity index (χ4n) is 3.47. The molecule has 1 aromatic carbocycles. The summed E-state index contributed by atoms with van der Waals surface area (Å²) in [6, 6.07) is 9.53. The van der Waals surface area contributed by atoms with Crippen molar-refractivity contribution in [1.29, 1.82) is 0 Å². The quantitative estimate of drug-likeness (QED) is 0.848. The van der Waals surface area contributed by atoms with Gasteiger partial charge in [-0.3, -0.25) is 0 Å². The third-order valence-electron chi connectivity index (χ3n) is 4.56. The summed E-state index contributed by atoms with van der Waals surface area (Å²) in [6.07, 6.45) is 5.42. The lowest BCUT2D eigenvalue weighted by Gasteiger charge is -2.15. The molecule has 1 fully saturated rings. The van der Waals surface area contributed by atoms with Crippen LogP contribution in [0.2, 0.25) is 0 Å². The summed E-state index contributed by atoms with van der Waals surface area (Å²) in [6.45, 7) is 4.65. The van der Waals surface area contributed by atoms with Gasteiger partial charge >= 0.3 is 0 Å².